The van der Waals surface area contributed by atoms with Crippen LogP contribution in [0.15, 0.2) is 24.3 Å². The first kappa shape index (κ1) is 19.4. The van der Waals surface area contributed by atoms with Gasteiger partial charge in [0, 0.05) is 24.9 Å². The van der Waals surface area contributed by atoms with Gasteiger partial charge in [-0.15, -0.1) is 0 Å². The van der Waals surface area contributed by atoms with Crippen molar-refractivity contribution in [1.29, 1.82) is 0 Å². The predicted octanol–water partition coefficient (Wildman–Crippen LogP) is 2.67. The van der Waals surface area contributed by atoms with Gasteiger partial charge in [-0.2, -0.15) is 0 Å². The molecular formula is C19H27FN2O3. The summed E-state index contributed by atoms with van der Waals surface area (Å²) in [6.45, 7) is 7.57. The fraction of sp³-hybridized carbons (Fsp3) is 0.579. The van der Waals surface area contributed by atoms with E-state index in [0.29, 0.717) is 39.1 Å². The van der Waals surface area contributed by atoms with Gasteiger partial charge >= 0.3 is 0 Å². The van der Waals surface area contributed by atoms with E-state index in [1.165, 1.54) is 12.1 Å². The van der Waals surface area contributed by atoms with Crippen molar-refractivity contribution in [3.63, 3.8) is 0 Å². The van der Waals surface area contributed by atoms with Gasteiger partial charge in [-0.1, -0.05) is 32.9 Å². The number of nitrogens with one attached hydrogen (secondary N) is 1. The topological polar surface area (TPSA) is 58.6 Å². The van der Waals surface area contributed by atoms with Gasteiger partial charge in [-0.05, 0) is 24.1 Å². The molecule has 0 spiro atoms. The molecule has 25 heavy (non-hydrogen) atoms. The Bertz CT molecular complexity index is 596. The molecule has 138 valence electrons. The Balaban J connectivity index is 1.77. The van der Waals surface area contributed by atoms with E-state index >= 15 is 0 Å². The van der Waals surface area contributed by atoms with Gasteiger partial charge in [0.2, 0.25) is 11.8 Å². The largest absolute Gasteiger partial charge is 0.370 e. The number of carbonyl (C=O) groups excluding carboxylic acids is 2. The molecular weight excluding hydrogens is 323 g/mol. The van der Waals surface area contributed by atoms with Gasteiger partial charge < -0.3 is 15.0 Å². The van der Waals surface area contributed by atoms with Gasteiger partial charge in [-0.25, -0.2) is 4.39 Å². The highest BCUT2D eigenvalue weighted by molar-refractivity contribution is 5.81. The number of nitrogens with zero attached hydrogens (tertiary/aromatic N) is 1. The molecule has 1 atom stereocenters. The summed E-state index contributed by atoms with van der Waals surface area (Å²) in [6.07, 6.45) is 0.777. The Morgan fingerprint density at radius 3 is 2.60 bits per heavy atom. The van der Waals surface area contributed by atoms with Crippen LogP contribution in [0.5, 0.6) is 0 Å². The van der Waals surface area contributed by atoms with Crippen LogP contribution in [0, 0.1) is 11.2 Å². The highest BCUT2D eigenvalue weighted by Gasteiger charge is 2.25. The van der Waals surface area contributed by atoms with E-state index in [2.05, 4.69) is 5.32 Å². The number of ether oxygens (including phenoxy) is 1. The molecule has 1 unspecified atom stereocenters. The number of amides is 2. The summed E-state index contributed by atoms with van der Waals surface area (Å²) in [5, 5.41) is 2.85. The number of morpholine rings is 1. The second kappa shape index (κ2) is 8.43. The van der Waals surface area contributed by atoms with E-state index in [9.17, 15) is 14.0 Å². The van der Waals surface area contributed by atoms with E-state index in [1.54, 1.807) is 17.0 Å². The molecule has 1 aliphatic heterocycles. The molecule has 6 heteroatoms. The molecule has 1 aromatic carbocycles. The fourth-order valence-corrected chi connectivity index (χ4v) is 2.62. The maximum Gasteiger partial charge on any atom is 0.225 e. The van der Waals surface area contributed by atoms with Crippen LogP contribution < -0.4 is 5.32 Å². The van der Waals surface area contributed by atoms with E-state index < -0.39 is 5.41 Å². The monoisotopic (exact) mass is 350 g/mol. The van der Waals surface area contributed by atoms with Crippen molar-refractivity contribution < 1.29 is 18.7 Å². The van der Waals surface area contributed by atoms with Gasteiger partial charge in [0.1, 0.15) is 11.9 Å². The van der Waals surface area contributed by atoms with Crippen LogP contribution in [0.1, 0.15) is 45.3 Å². The number of benzene rings is 1. The van der Waals surface area contributed by atoms with Crippen molar-refractivity contribution >= 4 is 11.8 Å². The van der Waals surface area contributed by atoms with Crippen molar-refractivity contribution in [2.24, 2.45) is 5.41 Å². The second-order valence-corrected chi connectivity index (χ2v) is 7.36. The molecule has 5 nitrogen and oxygen atoms in total. The van der Waals surface area contributed by atoms with Gasteiger partial charge in [0.05, 0.1) is 13.2 Å². The minimum atomic E-state index is -0.420. The van der Waals surface area contributed by atoms with Crippen molar-refractivity contribution in [2.75, 3.05) is 26.2 Å². The average Bonchev–Trinajstić information content (AvgIpc) is 2.58. The first-order valence-electron chi connectivity index (χ1n) is 8.70. The van der Waals surface area contributed by atoms with Crippen LogP contribution in [0.4, 0.5) is 4.39 Å². The highest BCUT2D eigenvalue weighted by atomic mass is 19.1. The molecule has 1 aliphatic rings. The normalized spacial score (nSPS) is 18.1. The number of halogens is 1. The molecule has 2 amide bonds. The summed E-state index contributed by atoms with van der Waals surface area (Å²) in [5.74, 6) is -0.243. The number of hydrogen-bond acceptors (Lipinski definition) is 3. The van der Waals surface area contributed by atoms with Crippen LogP contribution in [0.3, 0.4) is 0 Å². The smallest absolute Gasteiger partial charge is 0.225 e. The molecule has 0 aliphatic carbocycles. The second-order valence-electron chi connectivity index (χ2n) is 7.36. The molecule has 0 aromatic heterocycles. The minimum absolute atomic E-state index is 0.0114. The Morgan fingerprint density at radius 2 is 1.96 bits per heavy atom. The van der Waals surface area contributed by atoms with Crippen LogP contribution in [0.25, 0.3) is 0 Å². The predicted molar refractivity (Wildman–Crippen MR) is 93.4 cm³/mol. The molecule has 2 rings (SSSR count). The Hall–Kier alpha value is -1.95. The van der Waals surface area contributed by atoms with Crippen LogP contribution in [0.2, 0.25) is 0 Å². The lowest BCUT2D eigenvalue weighted by Gasteiger charge is -2.33. The fourth-order valence-electron chi connectivity index (χ4n) is 2.62. The number of rotatable bonds is 5. The molecule has 0 bridgehead atoms. The third-order valence-electron chi connectivity index (χ3n) is 4.20. The zero-order valence-electron chi connectivity index (χ0n) is 15.2. The van der Waals surface area contributed by atoms with E-state index in [-0.39, 0.29) is 23.7 Å². The summed E-state index contributed by atoms with van der Waals surface area (Å²) in [7, 11) is 0. The average molecular weight is 350 g/mol. The summed E-state index contributed by atoms with van der Waals surface area (Å²) in [5.41, 5.74) is 0.452. The quantitative estimate of drug-likeness (QED) is 0.831. The summed E-state index contributed by atoms with van der Waals surface area (Å²) < 4.78 is 18.7. The SMILES string of the molecule is CC(C)(C)C(=O)NCCCC(=O)N1CCOC(c2ccc(F)cc2)C1. The molecule has 1 saturated heterocycles. The molecule has 1 aromatic rings. The molecule has 0 saturated carbocycles. The van der Waals surface area contributed by atoms with E-state index in [0.717, 1.165) is 5.56 Å². The van der Waals surface area contributed by atoms with E-state index in [4.69, 9.17) is 4.74 Å². The zero-order chi connectivity index (χ0) is 18.4. The van der Waals surface area contributed by atoms with E-state index in [1.807, 2.05) is 20.8 Å². The Morgan fingerprint density at radius 1 is 1.28 bits per heavy atom. The summed E-state index contributed by atoms with van der Waals surface area (Å²) >= 11 is 0. The van der Waals surface area contributed by atoms with Gasteiger partial charge in [0.25, 0.3) is 0 Å². The lowest BCUT2D eigenvalue weighted by Crippen LogP contribution is -2.42. The van der Waals surface area contributed by atoms with Crippen LogP contribution in [-0.4, -0.2) is 43.0 Å². The molecule has 1 fully saturated rings. The van der Waals surface area contributed by atoms with Crippen molar-refractivity contribution in [2.45, 2.75) is 39.7 Å². The summed E-state index contributed by atoms with van der Waals surface area (Å²) in [6, 6.07) is 6.18. The lowest BCUT2D eigenvalue weighted by molar-refractivity contribution is -0.139. The first-order chi connectivity index (χ1) is 11.8. The standard InChI is InChI=1S/C19H27FN2O3/c1-19(2,3)18(24)21-10-4-5-17(23)22-11-12-25-16(13-22)14-6-8-15(20)9-7-14/h6-9,16H,4-5,10-13H2,1-3H3,(H,21,24). The van der Waals surface area contributed by atoms with Crippen molar-refractivity contribution in [3.8, 4) is 0 Å². The number of hydrogen-bond donors (Lipinski definition) is 1. The summed E-state index contributed by atoms with van der Waals surface area (Å²) in [4.78, 5) is 25.9. The van der Waals surface area contributed by atoms with Gasteiger partial charge in [-0.3, -0.25) is 9.59 Å². The molecule has 1 N–H and O–H groups in total. The molecule has 0 radical (unpaired) electrons. The Labute approximate surface area is 148 Å². The van der Waals surface area contributed by atoms with Crippen LogP contribution >= 0.6 is 0 Å². The minimum Gasteiger partial charge on any atom is -0.370 e. The first-order valence-corrected chi connectivity index (χ1v) is 8.70. The Kier molecular flexibility index (Phi) is 6.53. The van der Waals surface area contributed by atoms with Crippen molar-refractivity contribution in [1.82, 2.24) is 10.2 Å². The lowest BCUT2D eigenvalue weighted by atomic mass is 9.96. The van der Waals surface area contributed by atoms with Gasteiger partial charge in [0.15, 0.2) is 0 Å². The maximum absolute atomic E-state index is 13.0. The maximum atomic E-state index is 13.0. The molecule has 1 heterocycles. The third kappa shape index (κ3) is 5.81. The zero-order valence-corrected chi connectivity index (χ0v) is 15.2. The van der Waals surface area contributed by atoms with Crippen LogP contribution in [-0.2, 0) is 14.3 Å². The third-order valence-corrected chi connectivity index (χ3v) is 4.20. The highest BCUT2D eigenvalue weighted by Crippen LogP contribution is 2.23. The number of carbonyl (C=O) groups is 2. The van der Waals surface area contributed by atoms with Crippen molar-refractivity contribution in [3.05, 3.63) is 35.6 Å².